The van der Waals surface area contributed by atoms with Crippen LogP contribution in [0, 0.1) is 0 Å². The van der Waals surface area contributed by atoms with Crippen LogP contribution in [0.15, 0.2) is 114 Å². The molecule has 1 unspecified atom stereocenters. The topological polar surface area (TPSA) is 99.8 Å². The zero-order valence-electron chi connectivity index (χ0n) is 25.9. The summed E-state index contributed by atoms with van der Waals surface area (Å²) in [5.74, 6) is -0.391. The summed E-state index contributed by atoms with van der Waals surface area (Å²) in [5, 5.41) is 8.30. The average molecular weight is 623 g/mol. The summed E-state index contributed by atoms with van der Waals surface area (Å²) in [5.41, 5.74) is 3.45. The Hall–Kier alpha value is -5.02. The van der Waals surface area contributed by atoms with Gasteiger partial charge >= 0.3 is 0 Å². The minimum Gasteiger partial charge on any atom is -0.492 e. The summed E-state index contributed by atoms with van der Waals surface area (Å²) >= 11 is 1.41. The maximum Gasteiger partial charge on any atom is 0.272 e. The maximum atomic E-state index is 13.6. The monoisotopic (exact) mass is 622 g/mol. The van der Waals surface area contributed by atoms with Gasteiger partial charge in [0, 0.05) is 35.9 Å². The van der Waals surface area contributed by atoms with Crippen molar-refractivity contribution < 1.29 is 19.1 Å². The van der Waals surface area contributed by atoms with Gasteiger partial charge < -0.3 is 25.6 Å². The maximum absolute atomic E-state index is 13.6. The molecular weight excluding hydrogens is 584 g/mol. The number of rotatable bonds is 13. The number of hydrogen-bond acceptors (Lipinski definition) is 6. The molecule has 0 aliphatic rings. The van der Waals surface area contributed by atoms with Crippen molar-refractivity contribution in [1.82, 2.24) is 5.32 Å². The molecule has 8 nitrogen and oxygen atoms in total. The van der Waals surface area contributed by atoms with Crippen molar-refractivity contribution in [2.45, 2.75) is 30.4 Å². The highest BCUT2D eigenvalue weighted by atomic mass is 32.2. The lowest BCUT2D eigenvalue weighted by molar-refractivity contribution is -0.116. The number of ether oxygens (including phenoxy) is 1. The first kappa shape index (κ1) is 32.9. The molecular formula is C36H38N4O4S. The molecule has 1 atom stereocenters. The van der Waals surface area contributed by atoms with E-state index in [0.29, 0.717) is 35.7 Å². The zero-order chi connectivity index (χ0) is 32.2. The average Bonchev–Trinajstić information content (AvgIpc) is 3.05. The van der Waals surface area contributed by atoms with E-state index in [4.69, 9.17) is 4.74 Å². The van der Waals surface area contributed by atoms with Crippen LogP contribution >= 0.6 is 11.8 Å². The van der Waals surface area contributed by atoms with E-state index in [9.17, 15) is 14.4 Å². The number of carbonyl (C=O) groups is 3. The Bertz CT molecular complexity index is 1640. The number of carbonyl (C=O) groups excluding carboxylic acids is 3. The summed E-state index contributed by atoms with van der Waals surface area (Å²) in [6.07, 6.45) is 2.24. The molecule has 9 heteroatoms. The minimum absolute atomic E-state index is 0.0956. The summed E-state index contributed by atoms with van der Waals surface area (Å²) in [6, 6.07) is 31.0. The molecule has 4 rings (SSSR count). The molecule has 0 aliphatic carbocycles. The highest BCUT2D eigenvalue weighted by Crippen LogP contribution is 2.30. The molecule has 0 heterocycles. The number of thioether (sulfide) groups is 1. The van der Waals surface area contributed by atoms with E-state index in [0.717, 1.165) is 16.1 Å². The van der Waals surface area contributed by atoms with Crippen LogP contribution in [0.5, 0.6) is 5.75 Å². The lowest BCUT2D eigenvalue weighted by Gasteiger charge is -2.17. The molecule has 0 fully saturated rings. The van der Waals surface area contributed by atoms with E-state index >= 15 is 0 Å². The number of hydrogen-bond donors (Lipinski definition) is 3. The first-order valence-electron chi connectivity index (χ1n) is 14.7. The van der Waals surface area contributed by atoms with E-state index < -0.39 is 11.8 Å². The third-order valence-electron chi connectivity index (χ3n) is 6.73. The molecule has 0 radical (unpaired) electrons. The van der Waals surface area contributed by atoms with Crippen LogP contribution < -0.4 is 25.6 Å². The number of amides is 3. The smallest absolute Gasteiger partial charge is 0.272 e. The quantitative estimate of drug-likeness (QED) is 0.109. The molecule has 4 aromatic carbocycles. The largest absolute Gasteiger partial charge is 0.492 e. The second-order valence-corrected chi connectivity index (χ2v) is 11.6. The molecule has 3 N–H and O–H groups in total. The van der Waals surface area contributed by atoms with E-state index in [1.807, 2.05) is 106 Å². The van der Waals surface area contributed by atoms with Crippen molar-refractivity contribution in [2.75, 3.05) is 36.2 Å². The second-order valence-electron chi connectivity index (χ2n) is 10.3. The zero-order valence-corrected chi connectivity index (χ0v) is 26.7. The highest BCUT2D eigenvalue weighted by Gasteiger charge is 2.20. The summed E-state index contributed by atoms with van der Waals surface area (Å²) < 4.78 is 5.65. The fraction of sp³-hybridized carbons (Fsp3) is 0.194. The number of nitrogens with zero attached hydrogens (tertiary/aromatic N) is 1. The van der Waals surface area contributed by atoms with Gasteiger partial charge in [0.25, 0.3) is 11.8 Å². The lowest BCUT2D eigenvalue weighted by atomic mass is 10.1. The number of benzene rings is 4. The Morgan fingerprint density at radius 2 is 1.56 bits per heavy atom. The Morgan fingerprint density at radius 1 is 0.844 bits per heavy atom. The molecule has 0 saturated carbocycles. The van der Waals surface area contributed by atoms with Crippen molar-refractivity contribution >= 4 is 52.6 Å². The molecule has 0 bridgehead atoms. The number of anilines is 3. The molecule has 3 amide bonds. The van der Waals surface area contributed by atoms with Crippen LogP contribution in [-0.4, -0.2) is 43.7 Å². The molecule has 4 aromatic rings. The van der Waals surface area contributed by atoms with Gasteiger partial charge in [-0.3, -0.25) is 14.4 Å². The molecule has 0 aliphatic heterocycles. The number of nitrogens with one attached hydrogen (secondary N) is 3. The van der Waals surface area contributed by atoms with E-state index in [1.165, 1.54) is 11.8 Å². The second kappa shape index (κ2) is 16.2. The van der Waals surface area contributed by atoms with Gasteiger partial charge in [-0.2, -0.15) is 0 Å². The SMILES string of the molecule is CCOc1ccccc1NC(=O)C(CC)Sc1cccc(NC(=O)/C(=C\c2ccc(N(C)C)cc2)NC(=O)c2ccccc2)c1. The van der Waals surface area contributed by atoms with Gasteiger partial charge in [0.15, 0.2) is 0 Å². The fourth-order valence-corrected chi connectivity index (χ4v) is 5.39. The van der Waals surface area contributed by atoms with E-state index in [-0.39, 0.29) is 16.9 Å². The molecule has 232 valence electrons. The van der Waals surface area contributed by atoms with Crippen molar-refractivity contribution in [3.63, 3.8) is 0 Å². The van der Waals surface area contributed by atoms with Gasteiger partial charge in [-0.05, 0) is 79.6 Å². The molecule has 0 aromatic heterocycles. The predicted molar refractivity (Wildman–Crippen MR) is 184 cm³/mol. The third kappa shape index (κ3) is 9.48. The fourth-order valence-electron chi connectivity index (χ4n) is 4.37. The van der Waals surface area contributed by atoms with Crippen LogP contribution in [0.1, 0.15) is 36.2 Å². The highest BCUT2D eigenvalue weighted by molar-refractivity contribution is 8.00. The Balaban J connectivity index is 1.51. The van der Waals surface area contributed by atoms with Crippen LogP contribution in [0.4, 0.5) is 17.1 Å². The standard InChI is InChI=1S/C36H38N4O4S/c1-5-33(36(43)38-30-17-10-11-18-32(30)44-6-2)45-29-16-12-15-27(24-29)37-35(42)31(39-34(41)26-13-8-7-9-14-26)23-25-19-21-28(22-20-25)40(3)4/h7-24,33H,5-6H2,1-4H3,(H,37,42)(H,38,43)(H,39,41)/b31-23+. The van der Waals surface area contributed by atoms with Gasteiger partial charge in [-0.1, -0.05) is 55.5 Å². The van der Waals surface area contributed by atoms with Crippen LogP contribution in [0.3, 0.4) is 0 Å². The summed E-state index contributed by atoms with van der Waals surface area (Å²) in [7, 11) is 3.90. The lowest BCUT2D eigenvalue weighted by Crippen LogP contribution is -2.30. The Kier molecular flexibility index (Phi) is 11.8. The molecule has 45 heavy (non-hydrogen) atoms. The summed E-state index contributed by atoms with van der Waals surface area (Å²) in [6.45, 7) is 4.34. The third-order valence-corrected chi connectivity index (χ3v) is 8.09. The molecule has 0 spiro atoms. The van der Waals surface area contributed by atoms with Crippen molar-refractivity contribution in [3.05, 3.63) is 120 Å². The number of para-hydroxylation sites is 2. The first-order valence-corrected chi connectivity index (χ1v) is 15.6. The van der Waals surface area contributed by atoms with Crippen molar-refractivity contribution in [2.24, 2.45) is 0 Å². The Morgan fingerprint density at radius 3 is 2.24 bits per heavy atom. The van der Waals surface area contributed by atoms with Crippen LogP contribution in [0.25, 0.3) is 6.08 Å². The first-order chi connectivity index (χ1) is 21.8. The predicted octanol–water partition coefficient (Wildman–Crippen LogP) is 7.07. The van der Waals surface area contributed by atoms with Gasteiger partial charge in [-0.25, -0.2) is 0 Å². The van der Waals surface area contributed by atoms with Crippen LogP contribution in [-0.2, 0) is 9.59 Å². The van der Waals surface area contributed by atoms with Gasteiger partial charge in [0.2, 0.25) is 5.91 Å². The van der Waals surface area contributed by atoms with E-state index in [1.54, 1.807) is 36.4 Å². The van der Waals surface area contributed by atoms with Crippen molar-refractivity contribution in [3.8, 4) is 5.75 Å². The van der Waals surface area contributed by atoms with Gasteiger partial charge in [-0.15, -0.1) is 11.8 Å². The Labute approximate surface area is 268 Å². The molecule has 0 saturated heterocycles. The van der Waals surface area contributed by atoms with Crippen molar-refractivity contribution in [1.29, 1.82) is 0 Å². The van der Waals surface area contributed by atoms with Gasteiger partial charge in [0.05, 0.1) is 17.5 Å². The normalized spacial score (nSPS) is 11.7. The van der Waals surface area contributed by atoms with Gasteiger partial charge in [0.1, 0.15) is 11.4 Å². The van der Waals surface area contributed by atoms with Crippen LogP contribution in [0.2, 0.25) is 0 Å². The van der Waals surface area contributed by atoms with E-state index in [2.05, 4.69) is 16.0 Å². The minimum atomic E-state index is -0.476. The summed E-state index contributed by atoms with van der Waals surface area (Å²) in [4.78, 5) is 42.6.